The number of rotatable bonds is 1. The summed E-state index contributed by atoms with van der Waals surface area (Å²) in [4.78, 5) is 34.9. The molecule has 6 nitrogen and oxygen atoms in total. The van der Waals surface area contributed by atoms with E-state index in [1.165, 1.54) is 10.0 Å². The molecule has 2 saturated heterocycles. The molecule has 2 amide bonds. The molecule has 0 aromatic heterocycles. The normalized spacial score (nSPS) is 25.6. The molecule has 1 atom stereocenters. The third kappa shape index (κ3) is 1.90. The Balaban J connectivity index is 2.33. The summed E-state index contributed by atoms with van der Waals surface area (Å²) in [6.07, 6.45) is 1.47. The molecular weight excluding hydrogens is 224 g/mol. The predicted octanol–water partition coefficient (Wildman–Crippen LogP) is 0.0131. The first-order valence-electron chi connectivity index (χ1n) is 5.56. The molecule has 0 unspecified atom stereocenters. The Kier molecular flexibility index (Phi) is 2.87. The van der Waals surface area contributed by atoms with E-state index in [2.05, 4.69) is 6.58 Å². The fraction of sp³-hybridized carbons (Fsp3) is 0.545. The van der Waals surface area contributed by atoms with E-state index in [0.717, 1.165) is 12.8 Å². The van der Waals surface area contributed by atoms with E-state index in [9.17, 15) is 14.4 Å². The molecule has 92 valence electrons. The van der Waals surface area contributed by atoms with Crippen LogP contribution in [0.25, 0.3) is 0 Å². The minimum Gasteiger partial charge on any atom is -0.481 e. The molecule has 0 aliphatic carbocycles. The Morgan fingerprint density at radius 3 is 2.41 bits per heavy atom. The Labute approximate surface area is 98.5 Å². The number of carboxylic acid groups (broad SMARTS) is 1. The van der Waals surface area contributed by atoms with Crippen molar-refractivity contribution < 1.29 is 19.5 Å². The second kappa shape index (κ2) is 4.20. The molecule has 2 heterocycles. The van der Waals surface area contributed by atoms with Gasteiger partial charge in [0.25, 0.3) is 5.91 Å². The van der Waals surface area contributed by atoms with Crippen molar-refractivity contribution in [3.63, 3.8) is 0 Å². The fourth-order valence-electron chi connectivity index (χ4n) is 2.19. The topological polar surface area (TPSA) is 77.9 Å². The van der Waals surface area contributed by atoms with Gasteiger partial charge >= 0.3 is 5.97 Å². The van der Waals surface area contributed by atoms with Gasteiger partial charge in [0.15, 0.2) is 0 Å². The largest absolute Gasteiger partial charge is 0.481 e. The quantitative estimate of drug-likeness (QED) is 0.653. The number of carbonyl (C=O) groups excluding carboxylic acids is 2. The lowest BCUT2D eigenvalue weighted by Crippen LogP contribution is -2.51. The van der Waals surface area contributed by atoms with Crippen LogP contribution in [0, 0.1) is 5.92 Å². The Bertz CT molecular complexity index is 404. The number of carboxylic acids is 1. The van der Waals surface area contributed by atoms with E-state index in [1.54, 1.807) is 0 Å². The smallest absolute Gasteiger partial charge is 0.311 e. The van der Waals surface area contributed by atoms with Crippen LogP contribution in [0.1, 0.15) is 19.3 Å². The Morgan fingerprint density at radius 1 is 1.24 bits per heavy atom. The first kappa shape index (κ1) is 11.6. The summed E-state index contributed by atoms with van der Waals surface area (Å²) in [6.45, 7) is 4.46. The first-order valence-corrected chi connectivity index (χ1v) is 5.56. The van der Waals surface area contributed by atoms with Gasteiger partial charge in [0.2, 0.25) is 5.91 Å². The van der Waals surface area contributed by atoms with Crippen molar-refractivity contribution in [1.82, 2.24) is 10.0 Å². The summed E-state index contributed by atoms with van der Waals surface area (Å²) in [6, 6.07) is 0. The van der Waals surface area contributed by atoms with Gasteiger partial charge in [0, 0.05) is 25.1 Å². The highest BCUT2D eigenvalue weighted by molar-refractivity contribution is 6.02. The number of fused-ring (bicyclic) bond motifs is 1. The number of aliphatic carboxylic acids is 1. The van der Waals surface area contributed by atoms with Crippen molar-refractivity contribution in [2.24, 2.45) is 5.92 Å². The molecule has 0 aromatic carbocycles. The molecule has 0 spiro atoms. The lowest BCUT2D eigenvalue weighted by molar-refractivity contribution is -0.163. The van der Waals surface area contributed by atoms with Gasteiger partial charge in [-0.15, -0.1) is 0 Å². The molecule has 17 heavy (non-hydrogen) atoms. The van der Waals surface area contributed by atoms with Crippen molar-refractivity contribution >= 4 is 17.8 Å². The minimum absolute atomic E-state index is 0.00440. The minimum atomic E-state index is -1.17. The van der Waals surface area contributed by atoms with Crippen LogP contribution in [-0.2, 0) is 14.4 Å². The summed E-state index contributed by atoms with van der Waals surface area (Å²) in [7, 11) is 0. The molecule has 2 aliphatic rings. The van der Waals surface area contributed by atoms with Gasteiger partial charge in [0.05, 0.1) is 5.92 Å². The van der Waals surface area contributed by atoms with Crippen molar-refractivity contribution in [3.8, 4) is 0 Å². The second-order valence-electron chi connectivity index (χ2n) is 4.27. The van der Waals surface area contributed by atoms with E-state index < -0.39 is 17.8 Å². The summed E-state index contributed by atoms with van der Waals surface area (Å²) < 4.78 is 0. The molecule has 6 heteroatoms. The van der Waals surface area contributed by atoms with E-state index in [4.69, 9.17) is 5.11 Å². The van der Waals surface area contributed by atoms with Crippen molar-refractivity contribution in [3.05, 3.63) is 12.2 Å². The van der Waals surface area contributed by atoms with Gasteiger partial charge in [-0.25, -0.2) is 5.01 Å². The molecule has 0 bridgehead atoms. The summed E-state index contributed by atoms with van der Waals surface area (Å²) >= 11 is 0. The lowest BCUT2D eigenvalue weighted by Gasteiger charge is -2.37. The SMILES string of the molecule is C=C1C(=O)N2CCCCN2C(=O)C[C@@H]1C(=O)O. The summed E-state index contributed by atoms with van der Waals surface area (Å²) in [5.41, 5.74) is -0.00440. The van der Waals surface area contributed by atoms with E-state index in [0.29, 0.717) is 13.1 Å². The van der Waals surface area contributed by atoms with Gasteiger partial charge < -0.3 is 5.11 Å². The van der Waals surface area contributed by atoms with E-state index in [1.807, 2.05) is 0 Å². The van der Waals surface area contributed by atoms with Gasteiger partial charge in [0.1, 0.15) is 0 Å². The number of hydrogen-bond acceptors (Lipinski definition) is 3. The van der Waals surface area contributed by atoms with Crippen molar-refractivity contribution in [2.45, 2.75) is 19.3 Å². The number of carbonyl (C=O) groups is 3. The van der Waals surface area contributed by atoms with Crippen LogP contribution >= 0.6 is 0 Å². The van der Waals surface area contributed by atoms with Crippen LogP contribution in [0.4, 0.5) is 0 Å². The zero-order valence-corrected chi connectivity index (χ0v) is 9.39. The number of amides is 2. The Hall–Kier alpha value is -1.85. The average Bonchev–Trinajstić information content (AvgIpc) is 2.41. The predicted molar refractivity (Wildman–Crippen MR) is 57.5 cm³/mol. The number of hydrogen-bond donors (Lipinski definition) is 1. The standard InChI is InChI=1S/C11H14N2O4/c1-7-8(11(16)17)6-9(14)12-4-2-3-5-13(12)10(7)15/h8H,1-6H2,(H,16,17)/t8-/m0/s1. The lowest BCUT2D eigenvalue weighted by atomic mass is 9.96. The van der Waals surface area contributed by atoms with E-state index in [-0.39, 0.29) is 17.9 Å². The molecule has 0 aromatic rings. The summed E-state index contributed by atoms with van der Waals surface area (Å²) in [5, 5.41) is 11.7. The van der Waals surface area contributed by atoms with Crippen molar-refractivity contribution in [1.29, 1.82) is 0 Å². The first-order chi connectivity index (χ1) is 8.02. The second-order valence-corrected chi connectivity index (χ2v) is 4.27. The van der Waals surface area contributed by atoms with Crippen LogP contribution in [0.5, 0.6) is 0 Å². The third-order valence-corrected chi connectivity index (χ3v) is 3.18. The molecule has 0 radical (unpaired) electrons. The maximum Gasteiger partial charge on any atom is 0.311 e. The average molecular weight is 238 g/mol. The zero-order chi connectivity index (χ0) is 12.6. The van der Waals surface area contributed by atoms with Crippen LogP contribution in [0.3, 0.4) is 0 Å². The fourth-order valence-corrected chi connectivity index (χ4v) is 2.19. The molecule has 2 fully saturated rings. The van der Waals surface area contributed by atoms with Crippen LogP contribution in [-0.4, -0.2) is 46.0 Å². The molecule has 2 aliphatic heterocycles. The highest BCUT2D eigenvalue weighted by Gasteiger charge is 2.40. The molecule has 2 rings (SSSR count). The molecule has 1 N–H and O–H groups in total. The highest BCUT2D eigenvalue weighted by atomic mass is 16.4. The number of hydrazine groups is 1. The molecule has 0 saturated carbocycles. The van der Waals surface area contributed by atoms with Gasteiger partial charge in [-0.05, 0) is 12.8 Å². The maximum absolute atomic E-state index is 12.0. The maximum atomic E-state index is 12.0. The monoisotopic (exact) mass is 238 g/mol. The summed E-state index contributed by atoms with van der Waals surface area (Å²) in [5.74, 6) is -3.02. The van der Waals surface area contributed by atoms with E-state index >= 15 is 0 Å². The van der Waals surface area contributed by atoms with Crippen LogP contribution in [0.2, 0.25) is 0 Å². The third-order valence-electron chi connectivity index (χ3n) is 3.18. The molecular formula is C11H14N2O4. The van der Waals surface area contributed by atoms with Crippen LogP contribution < -0.4 is 0 Å². The number of nitrogens with zero attached hydrogens (tertiary/aromatic N) is 2. The highest BCUT2D eigenvalue weighted by Crippen LogP contribution is 2.26. The van der Waals surface area contributed by atoms with Gasteiger partial charge in [-0.1, -0.05) is 6.58 Å². The van der Waals surface area contributed by atoms with Gasteiger partial charge in [-0.3, -0.25) is 19.4 Å². The zero-order valence-electron chi connectivity index (χ0n) is 9.39. The Morgan fingerprint density at radius 2 is 1.82 bits per heavy atom. The van der Waals surface area contributed by atoms with Gasteiger partial charge in [-0.2, -0.15) is 0 Å². The van der Waals surface area contributed by atoms with Crippen molar-refractivity contribution in [2.75, 3.05) is 13.1 Å². The van der Waals surface area contributed by atoms with Crippen LogP contribution in [0.15, 0.2) is 12.2 Å².